The summed E-state index contributed by atoms with van der Waals surface area (Å²) in [6.45, 7) is 8.04. The van der Waals surface area contributed by atoms with Crippen LogP contribution in [0.2, 0.25) is 0 Å². The van der Waals surface area contributed by atoms with Crippen molar-refractivity contribution in [3.05, 3.63) is 29.8 Å². The highest BCUT2D eigenvalue weighted by Crippen LogP contribution is 2.37. The summed E-state index contributed by atoms with van der Waals surface area (Å²) in [4.78, 5) is 81.5. The van der Waals surface area contributed by atoms with Crippen LogP contribution in [-0.2, 0) is 35.0 Å². The summed E-state index contributed by atoms with van der Waals surface area (Å²) in [5, 5.41) is 7.75. The molecule has 224 valence electrons. The van der Waals surface area contributed by atoms with E-state index in [0.717, 1.165) is 6.42 Å². The van der Waals surface area contributed by atoms with Gasteiger partial charge in [-0.2, -0.15) is 0 Å². The van der Waals surface area contributed by atoms with E-state index in [-0.39, 0.29) is 18.7 Å². The molecule has 0 aliphatic rings. The molecule has 0 unspecified atom stereocenters. The van der Waals surface area contributed by atoms with Crippen LogP contribution in [-0.4, -0.2) is 75.4 Å². The van der Waals surface area contributed by atoms with Gasteiger partial charge in [0.25, 0.3) is 0 Å². The van der Waals surface area contributed by atoms with Crippen molar-refractivity contribution in [2.75, 3.05) is 13.1 Å². The Morgan fingerprint density at radius 3 is 2.08 bits per heavy atom. The molecule has 3 atom stereocenters. The maximum atomic E-state index is 13.2. The lowest BCUT2D eigenvalue weighted by Crippen LogP contribution is -2.58. The molecule has 0 fully saturated rings. The van der Waals surface area contributed by atoms with Gasteiger partial charge in [-0.1, -0.05) is 39.3 Å². The first-order chi connectivity index (χ1) is 18.5. The van der Waals surface area contributed by atoms with Gasteiger partial charge in [-0.15, -0.1) is 0 Å². The van der Waals surface area contributed by atoms with Crippen LogP contribution in [0, 0.1) is 5.92 Å². The van der Waals surface area contributed by atoms with Crippen molar-refractivity contribution in [2.24, 2.45) is 11.7 Å². The van der Waals surface area contributed by atoms with Gasteiger partial charge >= 0.3 is 7.82 Å². The largest absolute Gasteiger partial charge is 0.524 e. The Kier molecular flexibility index (Phi) is 13.8. The number of rotatable bonds is 16. The predicted molar refractivity (Wildman–Crippen MR) is 145 cm³/mol. The molecule has 7 N–H and O–H groups in total. The fourth-order valence-electron chi connectivity index (χ4n) is 3.75. The summed E-state index contributed by atoms with van der Waals surface area (Å²) in [7, 11) is -4.74. The van der Waals surface area contributed by atoms with E-state index >= 15 is 0 Å². The SMILES string of the molecule is CCCCN(CC(N)=O)C(=O)[C@@H](C)NC(=O)[C@@H](NC(=O)[C@H](Cc1ccc(OP(=O)(O)O)cc1)NC(C)=O)C(C)C. The molecule has 0 aliphatic carbocycles. The van der Waals surface area contributed by atoms with E-state index in [1.54, 1.807) is 13.8 Å². The topological polar surface area (TPSA) is 217 Å². The second-order valence-corrected chi connectivity index (χ2v) is 10.9. The zero-order valence-electron chi connectivity index (χ0n) is 23.4. The van der Waals surface area contributed by atoms with Gasteiger partial charge in [-0.05, 0) is 37.0 Å². The molecule has 40 heavy (non-hydrogen) atoms. The quantitative estimate of drug-likeness (QED) is 0.143. The second-order valence-electron chi connectivity index (χ2n) is 9.72. The number of hydrogen-bond acceptors (Lipinski definition) is 7. The van der Waals surface area contributed by atoms with Gasteiger partial charge in [0.1, 0.15) is 23.9 Å². The van der Waals surface area contributed by atoms with E-state index in [1.165, 1.54) is 43.0 Å². The minimum absolute atomic E-state index is 0.00241. The van der Waals surface area contributed by atoms with Crippen LogP contribution >= 0.6 is 7.82 Å². The molecule has 1 aromatic rings. The summed E-state index contributed by atoms with van der Waals surface area (Å²) < 4.78 is 15.5. The Bertz CT molecular complexity index is 1090. The number of unbranched alkanes of at least 4 members (excludes halogenated alkanes) is 1. The fraction of sp³-hybridized carbons (Fsp3) is 0.560. The Labute approximate surface area is 233 Å². The molecule has 15 heteroatoms. The molecule has 0 radical (unpaired) electrons. The van der Waals surface area contributed by atoms with E-state index in [4.69, 9.17) is 15.5 Å². The van der Waals surface area contributed by atoms with Crippen molar-refractivity contribution in [2.45, 2.75) is 72.0 Å². The lowest BCUT2D eigenvalue weighted by Gasteiger charge is -2.28. The molecular formula is C25H40N5O9P. The van der Waals surface area contributed by atoms with Crippen LogP contribution in [0.1, 0.15) is 53.0 Å². The van der Waals surface area contributed by atoms with Crippen LogP contribution in [0.4, 0.5) is 0 Å². The summed E-state index contributed by atoms with van der Waals surface area (Å²) in [6.07, 6.45) is 1.43. The number of amides is 5. The average Bonchev–Trinajstić information content (AvgIpc) is 2.83. The van der Waals surface area contributed by atoms with Crippen molar-refractivity contribution in [3.63, 3.8) is 0 Å². The molecule has 5 amide bonds. The lowest BCUT2D eigenvalue weighted by molar-refractivity contribution is -0.139. The van der Waals surface area contributed by atoms with Gasteiger partial charge in [-0.3, -0.25) is 33.8 Å². The van der Waals surface area contributed by atoms with Gasteiger partial charge in [0.2, 0.25) is 29.5 Å². The molecule has 1 aromatic carbocycles. The van der Waals surface area contributed by atoms with Crippen LogP contribution in [0.25, 0.3) is 0 Å². The maximum absolute atomic E-state index is 13.2. The molecule has 0 aliphatic heterocycles. The normalized spacial score (nSPS) is 13.5. The number of benzene rings is 1. The standard InChI is InChI=1S/C25H40N5O9P/c1-6-7-12-30(14-21(26)32)25(35)16(4)27-24(34)22(15(2)3)29-23(33)20(28-17(5)31)13-18-8-10-19(11-9-18)39-40(36,37)38/h8-11,15-16,20,22H,6-7,12-14H2,1-5H3,(H2,26,32)(H,27,34)(H,28,31)(H,29,33)(H2,36,37,38)/t16-,20+,22+/m1/s1. The molecule has 0 saturated heterocycles. The maximum Gasteiger partial charge on any atom is 0.524 e. The molecule has 0 heterocycles. The van der Waals surface area contributed by atoms with Crippen LogP contribution in [0.5, 0.6) is 5.75 Å². The number of phosphoric acid groups is 1. The molecule has 0 aromatic heterocycles. The number of phosphoric ester groups is 1. The van der Waals surface area contributed by atoms with E-state index in [1.807, 2.05) is 6.92 Å². The van der Waals surface area contributed by atoms with Crippen LogP contribution in [0.3, 0.4) is 0 Å². The Balaban J connectivity index is 2.99. The van der Waals surface area contributed by atoms with Gasteiger partial charge in [-0.25, -0.2) is 4.57 Å². The van der Waals surface area contributed by atoms with Crippen molar-refractivity contribution >= 4 is 37.4 Å². The number of hydrogen-bond donors (Lipinski definition) is 6. The smallest absolute Gasteiger partial charge is 0.404 e. The van der Waals surface area contributed by atoms with E-state index < -0.39 is 61.4 Å². The van der Waals surface area contributed by atoms with Crippen LogP contribution in [0.15, 0.2) is 24.3 Å². The molecule has 14 nitrogen and oxygen atoms in total. The molecular weight excluding hydrogens is 545 g/mol. The van der Waals surface area contributed by atoms with Crippen molar-refractivity contribution in [3.8, 4) is 5.75 Å². The summed E-state index contributed by atoms with van der Waals surface area (Å²) in [6, 6.07) is 2.43. The lowest BCUT2D eigenvalue weighted by atomic mass is 10.0. The van der Waals surface area contributed by atoms with Crippen molar-refractivity contribution in [1.29, 1.82) is 0 Å². The molecule has 0 saturated carbocycles. The summed E-state index contributed by atoms with van der Waals surface area (Å²) in [5.41, 5.74) is 5.80. The van der Waals surface area contributed by atoms with Gasteiger partial charge in [0.05, 0.1) is 6.54 Å². The van der Waals surface area contributed by atoms with E-state index in [0.29, 0.717) is 18.5 Å². The second kappa shape index (κ2) is 15.9. The monoisotopic (exact) mass is 585 g/mol. The third-order valence-corrected chi connectivity index (χ3v) is 6.15. The average molecular weight is 586 g/mol. The predicted octanol–water partition coefficient (Wildman–Crippen LogP) is -0.0352. The van der Waals surface area contributed by atoms with Gasteiger partial charge in [0.15, 0.2) is 0 Å². The highest BCUT2D eigenvalue weighted by molar-refractivity contribution is 7.46. The summed E-state index contributed by atoms with van der Waals surface area (Å²) in [5.74, 6) is -3.42. The Morgan fingerprint density at radius 2 is 1.60 bits per heavy atom. The molecule has 0 spiro atoms. The van der Waals surface area contributed by atoms with E-state index in [2.05, 4.69) is 20.5 Å². The number of nitrogens with zero attached hydrogens (tertiary/aromatic N) is 1. The highest BCUT2D eigenvalue weighted by atomic mass is 31.2. The number of carbonyl (C=O) groups is 5. The fourth-order valence-corrected chi connectivity index (χ4v) is 4.14. The molecule has 0 bridgehead atoms. The number of nitrogens with one attached hydrogen (secondary N) is 3. The Hall–Kier alpha value is -3.48. The molecule has 1 rings (SSSR count). The number of nitrogens with two attached hydrogens (primary N) is 1. The number of primary amides is 1. The van der Waals surface area contributed by atoms with Gasteiger partial charge < -0.3 is 31.1 Å². The first kappa shape index (κ1) is 34.5. The van der Waals surface area contributed by atoms with Crippen molar-refractivity contribution in [1.82, 2.24) is 20.9 Å². The first-order valence-electron chi connectivity index (χ1n) is 12.8. The van der Waals surface area contributed by atoms with Gasteiger partial charge in [0, 0.05) is 19.9 Å². The van der Waals surface area contributed by atoms with E-state index in [9.17, 15) is 28.5 Å². The summed E-state index contributed by atoms with van der Waals surface area (Å²) >= 11 is 0. The minimum atomic E-state index is -4.74. The third-order valence-electron chi connectivity index (χ3n) is 5.70. The third kappa shape index (κ3) is 12.6. The van der Waals surface area contributed by atoms with Crippen molar-refractivity contribution < 1.29 is 42.8 Å². The number of carbonyl (C=O) groups excluding carboxylic acids is 5. The van der Waals surface area contributed by atoms with Crippen LogP contribution < -0.4 is 26.2 Å². The minimum Gasteiger partial charge on any atom is -0.404 e. The zero-order chi connectivity index (χ0) is 30.6. The highest BCUT2D eigenvalue weighted by Gasteiger charge is 2.31. The first-order valence-corrected chi connectivity index (χ1v) is 14.4. The zero-order valence-corrected chi connectivity index (χ0v) is 24.3. The Morgan fingerprint density at radius 1 is 1.00 bits per heavy atom.